The zero-order valence-corrected chi connectivity index (χ0v) is 13.8. The Hall–Kier alpha value is -1.86. The van der Waals surface area contributed by atoms with E-state index in [1.807, 2.05) is 0 Å². The molecule has 1 unspecified atom stereocenters. The van der Waals surface area contributed by atoms with Gasteiger partial charge in [-0.2, -0.15) is 0 Å². The van der Waals surface area contributed by atoms with E-state index in [1.54, 1.807) is 31.2 Å². The van der Waals surface area contributed by atoms with Gasteiger partial charge in [0.05, 0.1) is 13.7 Å². The normalized spacial score (nSPS) is 11.2. The van der Waals surface area contributed by atoms with Gasteiger partial charge in [-0.25, -0.2) is 9.59 Å². The van der Waals surface area contributed by atoms with Gasteiger partial charge in [0.1, 0.15) is 6.04 Å². The van der Waals surface area contributed by atoms with E-state index in [2.05, 4.69) is 10.6 Å². The summed E-state index contributed by atoms with van der Waals surface area (Å²) in [5.41, 5.74) is 0.867. The van der Waals surface area contributed by atoms with Gasteiger partial charge in [-0.05, 0) is 36.8 Å². The third kappa shape index (κ3) is 6.28. The molecule has 0 aliphatic heterocycles. The molecule has 0 radical (unpaired) electrons. The van der Waals surface area contributed by atoms with Crippen LogP contribution in [-0.2, 0) is 20.7 Å². The molecule has 0 aliphatic carbocycles. The van der Waals surface area contributed by atoms with Crippen molar-refractivity contribution in [3.8, 4) is 0 Å². The van der Waals surface area contributed by atoms with Gasteiger partial charge in [-0.15, -0.1) is 0 Å². The van der Waals surface area contributed by atoms with E-state index in [1.165, 1.54) is 7.11 Å². The first kappa shape index (κ1) is 18.2. The maximum atomic E-state index is 11.8. The van der Waals surface area contributed by atoms with E-state index < -0.39 is 18.1 Å². The molecule has 0 fully saturated rings. The maximum absolute atomic E-state index is 11.8. The monoisotopic (exact) mass is 344 g/mol. The standard InChI is InChI=1S/C14H17ClN2O4S/c1-3-21-14(19)17-13(22)16-11(12(18)20-2)8-9-4-6-10(15)7-5-9/h4-7,11H,3,8H2,1-2H3,(H2,16,17,19,22). The minimum Gasteiger partial charge on any atom is -0.467 e. The Kier molecular flexibility index (Phi) is 7.62. The number of nitrogens with one attached hydrogen (secondary N) is 2. The maximum Gasteiger partial charge on any atom is 0.413 e. The smallest absolute Gasteiger partial charge is 0.413 e. The fraction of sp³-hybridized carbons (Fsp3) is 0.357. The molecule has 0 saturated heterocycles. The van der Waals surface area contributed by atoms with Crippen molar-refractivity contribution in [1.82, 2.24) is 10.6 Å². The van der Waals surface area contributed by atoms with Crippen LogP contribution in [0.3, 0.4) is 0 Å². The largest absolute Gasteiger partial charge is 0.467 e. The second-order valence-corrected chi connectivity index (χ2v) is 5.07. The Morgan fingerprint density at radius 2 is 1.95 bits per heavy atom. The summed E-state index contributed by atoms with van der Waals surface area (Å²) in [6, 6.07) is 6.30. The average Bonchev–Trinajstić information content (AvgIpc) is 2.48. The Labute approximate surface area is 139 Å². The molecule has 6 nitrogen and oxygen atoms in total. The van der Waals surface area contributed by atoms with Crippen LogP contribution >= 0.6 is 23.8 Å². The minimum absolute atomic E-state index is 0.0113. The number of rotatable bonds is 5. The van der Waals surface area contributed by atoms with Crippen LogP contribution in [0.4, 0.5) is 4.79 Å². The number of halogens is 1. The van der Waals surface area contributed by atoms with Crippen molar-refractivity contribution in [2.45, 2.75) is 19.4 Å². The van der Waals surface area contributed by atoms with E-state index in [4.69, 9.17) is 33.3 Å². The fourth-order valence-corrected chi connectivity index (χ4v) is 2.00. The van der Waals surface area contributed by atoms with Gasteiger partial charge in [0.2, 0.25) is 0 Å². The van der Waals surface area contributed by atoms with Crippen molar-refractivity contribution in [1.29, 1.82) is 0 Å². The van der Waals surface area contributed by atoms with Gasteiger partial charge in [0.25, 0.3) is 0 Å². The molecular weight excluding hydrogens is 328 g/mol. The molecule has 1 aromatic carbocycles. The predicted molar refractivity (Wildman–Crippen MR) is 86.9 cm³/mol. The van der Waals surface area contributed by atoms with Crippen molar-refractivity contribution in [3.05, 3.63) is 34.9 Å². The van der Waals surface area contributed by atoms with E-state index in [9.17, 15) is 9.59 Å². The molecule has 1 rings (SSSR count). The van der Waals surface area contributed by atoms with Crippen LogP contribution in [0.25, 0.3) is 0 Å². The molecule has 0 aliphatic rings. The van der Waals surface area contributed by atoms with Crippen molar-refractivity contribution >= 4 is 41.0 Å². The number of methoxy groups -OCH3 is 1. The molecule has 120 valence electrons. The third-order valence-corrected chi connectivity index (χ3v) is 3.11. The van der Waals surface area contributed by atoms with Crippen LogP contribution in [0.5, 0.6) is 0 Å². The lowest BCUT2D eigenvalue weighted by Crippen LogP contribution is -2.49. The van der Waals surface area contributed by atoms with Crippen LogP contribution < -0.4 is 10.6 Å². The van der Waals surface area contributed by atoms with Gasteiger partial charge >= 0.3 is 12.1 Å². The van der Waals surface area contributed by atoms with Crippen molar-refractivity contribution in [2.24, 2.45) is 0 Å². The number of hydrogen-bond acceptors (Lipinski definition) is 5. The number of carbonyl (C=O) groups is 2. The first-order valence-electron chi connectivity index (χ1n) is 6.52. The second kappa shape index (κ2) is 9.22. The zero-order valence-electron chi connectivity index (χ0n) is 12.2. The second-order valence-electron chi connectivity index (χ2n) is 4.23. The number of thiocarbonyl (C=S) groups is 1. The number of esters is 1. The molecule has 0 bridgehead atoms. The summed E-state index contributed by atoms with van der Waals surface area (Å²) in [6.07, 6.45) is -0.357. The molecule has 0 heterocycles. The van der Waals surface area contributed by atoms with Gasteiger partial charge in [0, 0.05) is 11.4 Å². The van der Waals surface area contributed by atoms with E-state index in [0.29, 0.717) is 11.4 Å². The third-order valence-electron chi connectivity index (χ3n) is 2.64. The van der Waals surface area contributed by atoms with Crippen molar-refractivity contribution < 1.29 is 19.1 Å². The lowest BCUT2D eigenvalue weighted by molar-refractivity contribution is -0.142. The SMILES string of the molecule is CCOC(=O)NC(=S)NC(Cc1ccc(Cl)cc1)C(=O)OC. The molecule has 1 aromatic rings. The number of amides is 1. The molecule has 1 amide bonds. The molecule has 8 heteroatoms. The molecule has 0 saturated carbocycles. The summed E-state index contributed by atoms with van der Waals surface area (Å²) in [5, 5.41) is 5.64. The Morgan fingerprint density at radius 1 is 1.32 bits per heavy atom. The van der Waals surface area contributed by atoms with Crippen molar-refractivity contribution in [3.63, 3.8) is 0 Å². The first-order chi connectivity index (χ1) is 10.5. The van der Waals surface area contributed by atoms with E-state index in [0.717, 1.165) is 5.56 Å². The zero-order chi connectivity index (χ0) is 16.5. The van der Waals surface area contributed by atoms with Crippen LogP contribution in [0, 0.1) is 0 Å². The fourth-order valence-electron chi connectivity index (χ4n) is 1.65. The number of benzene rings is 1. The Morgan fingerprint density at radius 3 is 2.50 bits per heavy atom. The van der Waals surface area contributed by atoms with Crippen LogP contribution in [-0.4, -0.2) is 36.9 Å². The van der Waals surface area contributed by atoms with Crippen molar-refractivity contribution in [2.75, 3.05) is 13.7 Å². The highest BCUT2D eigenvalue weighted by Gasteiger charge is 2.21. The average molecular weight is 345 g/mol. The summed E-state index contributed by atoms with van der Waals surface area (Å²) in [4.78, 5) is 23.1. The molecule has 22 heavy (non-hydrogen) atoms. The Bertz CT molecular complexity index is 536. The summed E-state index contributed by atoms with van der Waals surface area (Å²) in [6.45, 7) is 1.90. The lowest BCUT2D eigenvalue weighted by atomic mass is 10.1. The minimum atomic E-state index is -0.736. The number of hydrogen-bond donors (Lipinski definition) is 2. The Balaban J connectivity index is 2.68. The number of ether oxygens (including phenoxy) is 2. The summed E-state index contributed by atoms with van der Waals surface area (Å²) >= 11 is 10.8. The van der Waals surface area contributed by atoms with Gasteiger partial charge < -0.3 is 14.8 Å². The molecule has 0 spiro atoms. The number of carbonyl (C=O) groups excluding carboxylic acids is 2. The van der Waals surface area contributed by atoms with Crippen LogP contribution in [0.1, 0.15) is 12.5 Å². The number of alkyl carbamates (subject to hydrolysis) is 1. The van der Waals surface area contributed by atoms with Crippen LogP contribution in [0.15, 0.2) is 24.3 Å². The summed E-state index contributed by atoms with van der Waals surface area (Å²) < 4.78 is 9.43. The highest BCUT2D eigenvalue weighted by atomic mass is 35.5. The molecule has 1 atom stereocenters. The van der Waals surface area contributed by atoms with Gasteiger partial charge in [-0.1, -0.05) is 23.7 Å². The molecular formula is C14H17ClN2O4S. The summed E-state index contributed by atoms with van der Waals surface area (Å²) in [5.74, 6) is -0.497. The lowest BCUT2D eigenvalue weighted by Gasteiger charge is -2.18. The van der Waals surface area contributed by atoms with Gasteiger partial charge in [0.15, 0.2) is 5.11 Å². The first-order valence-corrected chi connectivity index (χ1v) is 7.31. The molecule has 0 aromatic heterocycles. The topological polar surface area (TPSA) is 76.7 Å². The van der Waals surface area contributed by atoms with E-state index in [-0.39, 0.29) is 11.7 Å². The van der Waals surface area contributed by atoms with E-state index >= 15 is 0 Å². The highest BCUT2D eigenvalue weighted by Crippen LogP contribution is 2.11. The van der Waals surface area contributed by atoms with Gasteiger partial charge in [-0.3, -0.25) is 5.32 Å². The summed E-state index contributed by atoms with van der Waals surface area (Å²) in [7, 11) is 1.28. The van der Waals surface area contributed by atoms with Crippen LogP contribution in [0.2, 0.25) is 5.02 Å². The predicted octanol–water partition coefficient (Wildman–Crippen LogP) is 2.04. The molecule has 2 N–H and O–H groups in total. The quantitative estimate of drug-likeness (QED) is 0.629. The highest BCUT2D eigenvalue weighted by molar-refractivity contribution is 7.80.